The number of carbonyl (C=O) groups excluding carboxylic acids is 1. The quantitative estimate of drug-likeness (QED) is 0.779. The Labute approximate surface area is 122 Å². The van der Waals surface area contributed by atoms with E-state index >= 15 is 0 Å². The molecule has 0 radical (unpaired) electrons. The molecule has 20 heavy (non-hydrogen) atoms. The summed E-state index contributed by atoms with van der Waals surface area (Å²) in [6.45, 7) is 9.52. The van der Waals surface area contributed by atoms with Crippen LogP contribution in [0.25, 0.3) is 0 Å². The van der Waals surface area contributed by atoms with Crippen LogP contribution in [-0.4, -0.2) is 74.2 Å². The van der Waals surface area contributed by atoms with E-state index in [1.807, 2.05) is 4.90 Å². The summed E-state index contributed by atoms with van der Waals surface area (Å²) in [6.07, 6.45) is 4.21. The number of hydrogen-bond acceptors (Lipinski definition) is 4. The fourth-order valence-electron chi connectivity index (χ4n) is 3.15. The first-order chi connectivity index (χ1) is 9.81. The van der Waals surface area contributed by atoms with Crippen molar-refractivity contribution in [2.45, 2.75) is 38.6 Å². The van der Waals surface area contributed by atoms with Crippen LogP contribution < -0.4 is 5.32 Å². The molecule has 0 aromatic heterocycles. The number of carbonyl (C=O) groups is 1. The van der Waals surface area contributed by atoms with Gasteiger partial charge in [-0.2, -0.15) is 0 Å². The van der Waals surface area contributed by atoms with Crippen molar-refractivity contribution in [2.75, 3.05) is 52.5 Å². The first-order valence-corrected chi connectivity index (χ1v) is 8.11. The second-order valence-corrected chi connectivity index (χ2v) is 5.73. The van der Waals surface area contributed by atoms with Crippen LogP contribution in [0.5, 0.6) is 0 Å². The van der Waals surface area contributed by atoms with Crippen LogP contribution in [-0.2, 0) is 9.53 Å². The lowest BCUT2D eigenvalue weighted by molar-refractivity contribution is -0.135. The summed E-state index contributed by atoms with van der Waals surface area (Å²) in [6, 6.07) is 0.659. The molecular weight excluding hydrogens is 254 g/mol. The highest BCUT2D eigenvalue weighted by molar-refractivity contribution is 5.76. The van der Waals surface area contributed by atoms with Crippen molar-refractivity contribution < 1.29 is 9.53 Å². The van der Waals surface area contributed by atoms with E-state index in [0.29, 0.717) is 31.6 Å². The highest BCUT2D eigenvalue weighted by Crippen LogP contribution is 2.11. The van der Waals surface area contributed by atoms with Gasteiger partial charge in [-0.3, -0.25) is 9.69 Å². The van der Waals surface area contributed by atoms with Crippen LogP contribution in [0.4, 0.5) is 0 Å². The molecule has 1 unspecified atom stereocenters. The first-order valence-electron chi connectivity index (χ1n) is 8.11. The van der Waals surface area contributed by atoms with Crippen molar-refractivity contribution in [2.24, 2.45) is 0 Å². The van der Waals surface area contributed by atoms with Crippen molar-refractivity contribution in [3.05, 3.63) is 0 Å². The number of likely N-dealkylation sites (N-methyl/N-ethyl adjacent to an activating group) is 1. The molecule has 2 fully saturated rings. The molecular formula is C15H29N3O2. The number of piperidine rings is 1. The molecule has 2 rings (SSSR count). The van der Waals surface area contributed by atoms with Gasteiger partial charge >= 0.3 is 0 Å². The zero-order valence-corrected chi connectivity index (χ0v) is 12.8. The SMILES string of the molecule is CCN(CCCC(=O)N1CCOCC1)C1CCCNC1. The van der Waals surface area contributed by atoms with Gasteiger partial charge in [-0.25, -0.2) is 0 Å². The highest BCUT2D eigenvalue weighted by Gasteiger charge is 2.20. The Balaban J connectivity index is 1.66. The Bertz CT molecular complexity index is 287. The maximum atomic E-state index is 12.1. The summed E-state index contributed by atoms with van der Waals surface area (Å²) >= 11 is 0. The largest absolute Gasteiger partial charge is 0.378 e. The minimum atomic E-state index is 0.297. The molecule has 2 aliphatic heterocycles. The molecule has 5 nitrogen and oxygen atoms in total. The summed E-state index contributed by atoms with van der Waals surface area (Å²) in [5, 5.41) is 3.47. The predicted molar refractivity (Wildman–Crippen MR) is 79.8 cm³/mol. The van der Waals surface area contributed by atoms with Crippen molar-refractivity contribution in [3.8, 4) is 0 Å². The van der Waals surface area contributed by atoms with Gasteiger partial charge in [0, 0.05) is 32.1 Å². The first kappa shape index (κ1) is 15.7. The van der Waals surface area contributed by atoms with Crippen LogP contribution in [0.2, 0.25) is 0 Å². The second-order valence-electron chi connectivity index (χ2n) is 5.73. The summed E-state index contributed by atoms with van der Waals surface area (Å²) in [5.41, 5.74) is 0. The van der Waals surface area contributed by atoms with Crippen molar-refractivity contribution in [3.63, 3.8) is 0 Å². The van der Waals surface area contributed by atoms with Crippen LogP contribution in [0.1, 0.15) is 32.6 Å². The molecule has 116 valence electrons. The van der Waals surface area contributed by atoms with Gasteiger partial charge in [-0.1, -0.05) is 6.92 Å². The average molecular weight is 283 g/mol. The van der Waals surface area contributed by atoms with E-state index in [4.69, 9.17) is 4.74 Å². The molecule has 0 aliphatic carbocycles. The zero-order valence-electron chi connectivity index (χ0n) is 12.8. The van der Waals surface area contributed by atoms with Crippen molar-refractivity contribution in [1.82, 2.24) is 15.1 Å². The Kier molecular flexibility index (Phi) is 6.76. The van der Waals surface area contributed by atoms with Gasteiger partial charge in [-0.05, 0) is 38.9 Å². The molecule has 1 atom stereocenters. The maximum absolute atomic E-state index is 12.1. The Morgan fingerprint density at radius 3 is 2.85 bits per heavy atom. The van der Waals surface area contributed by atoms with Gasteiger partial charge in [0.1, 0.15) is 0 Å². The fraction of sp³-hybridized carbons (Fsp3) is 0.933. The Hall–Kier alpha value is -0.650. The van der Waals surface area contributed by atoms with Crippen LogP contribution in [0.15, 0.2) is 0 Å². The number of rotatable bonds is 6. The lowest BCUT2D eigenvalue weighted by atomic mass is 10.1. The second kappa shape index (κ2) is 8.60. The third kappa shape index (κ3) is 4.72. The van der Waals surface area contributed by atoms with Crippen LogP contribution >= 0.6 is 0 Å². The lowest BCUT2D eigenvalue weighted by Crippen LogP contribution is -2.46. The third-order valence-electron chi connectivity index (χ3n) is 4.39. The average Bonchev–Trinajstić information content (AvgIpc) is 2.53. The van der Waals surface area contributed by atoms with Gasteiger partial charge in [0.25, 0.3) is 0 Å². The molecule has 0 aromatic rings. The normalized spacial score (nSPS) is 24.1. The number of hydrogen-bond donors (Lipinski definition) is 1. The maximum Gasteiger partial charge on any atom is 0.222 e. The standard InChI is InChI=1S/C15H29N3O2/c1-2-17(14-5-3-7-16-13-14)8-4-6-15(19)18-9-11-20-12-10-18/h14,16H,2-13H2,1H3. The lowest BCUT2D eigenvalue weighted by Gasteiger charge is -2.34. The molecule has 2 aliphatic rings. The topological polar surface area (TPSA) is 44.8 Å². The van der Waals surface area contributed by atoms with Gasteiger partial charge in [0.05, 0.1) is 13.2 Å². The summed E-state index contributed by atoms with van der Waals surface area (Å²) < 4.78 is 5.28. The monoisotopic (exact) mass is 283 g/mol. The molecule has 0 aromatic carbocycles. The summed E-state index contributed by atoms with van der Waals surface area (Å²) in [7, 11) is 0. The molecule has 0 spiro atoms. The number of amides is 1. The molecule has 1 N–H and O–H groups in total. The van der Waals surface area contributed by atoms with Gasteiger partial charge in [-0.15, -0.1) is 0 Å². The Morgan fingerprint density at radius 1 is 1.40 bits per heavy atom. The number of ether oxygens (including phenoxy) is 1. The van der Waals surface area contributed by atoms with Gasteiger partial charge in [0.2, 0.25) is 5.91 Å². The summed E-state index contributed by atoms with van der Waals surface area (Å²) in [5.74, 6) is 0.297. The van der Waals surface area contributed by atoms with Crippen LogP contribution in [0.3, 0.4) is 0 Å². The van der Waals surface area contributed by atoms with E-state index in [-0.39, 0.29) is 0 Å². The predicted octanol–water partition coefficient (Wildman–Crippen LogP) is 0.699. The van der Waals surface area contributed by atoms with E-state index in [9.17, 15) is 4.79 Å². The van der Waals surface area contributed by atoms with E-state index in [2.05, 4.69) is 17.1 Å². The molecule has 2 saturated heterocycles. The third-order valence-corrected chi connectivity index (χ3v) is 4.39. The van der Waals surface area contributed by atoms with E-state index in [1.165, 1.54) is 12.8 Å². The van der Waals surface area contributed by atoms with Gasteiger partial charge in [0.15, 0.2) is 0 Å². The van der Waals surface area contributed by atoms with E-state index < -0.39 is 0 Å². The Morgan fingerprint density at radius 2 is 2.20 bits per heavy atom. The molecule has 1 amide bonds. The smallest absolute Gasteiger partial charge is 0.222 e. The van der Waals surface area contributed by atoms with Crippen molar-refractivity contribution in [1.29, 1.82) is 0 Å². The van der Waals surface area contributed by atoms with Crippen LogP contribution in [0, 0.1) is 0 Å². The van der Waals surface area contributed by atoms with E-state index in [0.717, 1.165) is 45.7 Å². The highest BCUT2D eigenvalue weighted by atomic mass is 16.5. The zero-order chi connectivity index (χ0) is 14.2. The van der Waals surface area contributed by atoms with Crippen molar-refractivity contribution >= 4 is 5.91 Å². The number of nitrogens with one attached hydrogen (secondary N) is 1. The molecule has 0 bridgehead atoms. The minimum Gasteiger partial charge on any atom is -0.378 e. The number of morpholine rings is 1. The number of nitrogens with zero attached hydrogens (tertiary/aromatic N) is 2. The van der Waals surface area contributed by atoms with Gasteiger partial charge < -0.3 is 15.0 Å². The molecule has 5 heteroatoms. The fourth-order valence-corrected chi connectivity index (χ4v) is 3.15. The molecule has 0 saturated carbocycles. The minimum absolute atomic E-state index is 0.297. The molecule has 2 heterocycles. The van der Waals surface area contributed by atoms with E-state index in [1.54, 1.807) is 0 Å². The summed E-state index contributed by atoms with van der Waals surface area (Å²) in [4.78, 5) is 16.6.